The Hall–Kier alpha value is -3.87. The molecule has 0 bridgehead atoms. The van der Waals surface area contributed by atoms with Crippen LogP contribution in [0.15, 0.2) is 71.4 Å². The van der Waals surface area contributed by atoms with Gasteiger partial charge in [-0.15, -0.1) is 0 Å². The molecule has 7 nitrogen and oxygen atoms in total. The van der Waals surface area contributed by atoms with Crippen LogP contribution < -0.4 is 10.1 Å². The number of nitrogens with one attached hydrogen (secondary N) is 1. The standard InChI is InChI=1S/C26H28N2O5/c1-5-28-18(3)24(26(31)32-4)22(25(28)30)15-19-11-13-21(14-12-19)33-16-23(29)27-17(2)20-9-7-6-8-10-20/h6-15,17H,5,16H2,1-4H3,(H,27,29)/b22-15-/t17-/m0/s1. The lowest BCUT2D eigenvalue weighted by Crippen LogP contribution is -2.31. The van der Waals surface area contributed by atoms with E-state index in [1.807, 2.05) is 44.2 Å². The predicted molar refractivity (Wildman–Crippen MR) is 125 cm³/mol. The summed E-state index contributed by atoms with van der Waals surface area (Å²) in [5.74, 6) is -0.483. The van der Waals surface area contributed by atoms with E-state index in [0.29, 0.717) is 23.6 Å². The third kappa shape index (κ3) is 5.49. The van der Waals surface area contributed by atoms with Crippen LogP contribution in [0.3, 0.4) is 0 Å². The molecule has 0 aromatic heterocycles. The predicted octanol–water partition coefficient (Wildman–Crippen LogP) is 3.64. The van der Waals surface area contributed by atoms with Crippen molar-refractivity contribution in [2.24, 2.45) is 0 Å². The summed E-state index contributed by atoms with van der Waals surface area (Å²) in [7, 11) is 1.29. The van der Waals surface area contributed by atoms with Gasteiger partial charge in [-0.05, 0) is 50.1 Å². The topological polar surface area (TPSA) is 84.9 Å². The lowest BCUT2D eigenvalue weighted by atomic mass is 10.0. The molecule has 2 aromatic carbocycles. The second-order valence-corrected chi connectivity index (χ2v) is 7.62. The van der Waals surface area contributed by atoms with Gasteiger partial charge in [0.1, 0.15) is 5.75 Å². The average molecular weight is 449 g/mol. The highest BCUT2D eigenvalue weighted by Crippen LogP contribution is 2.31. The number of carbonyl (C=O) groups excluding carboxylic acids is 3. The summed E-state index contributed by atoms with van der Waals surface area (Å²) in [5, 5.41) is 2.90. The van der Waals surface area contributed by atoms with E-state index in [1.165, 1.54) is 7.11 Å². The second kappa shape index (κ2) is 10.6. The fourth-order valence-corrected chi connectivity index (χ4v) is 3.69. The van der Waals surface area contributed by atoms with Gasteiger partial charge in [0.15, 0.2) is 6.61 Å². The van der Waals surface area contributed by atoms with Crippen LogP contribution in [0.5, 0.6) is 5.75 Å². The van der Waals surface area contributed by atoms with Crippen molar-refractivity contribution in [3.63, 3.8) is 0 Å². The molecule has 2 aromatic rings. The molecule has 0 saturated carbocycles. The maximum Gasteiger partial charge on any atom is 0.340 e. The lowest BCUT2D eigenvalue weighted by Gasteiger charge is -2.14. The van der Waals surface area contributed by atoms with Gasteiger partial charge in [0.05, 0.1) is 24.3 Å². The molecule has 3 rings (SSSR count). The van der Waals surface area contributed by atoms with Gasteiger partial charge in [0.2, 0.25) is 0 Å². The maximum atomic E-state index is 12.8. The van der Waals surface area contributed by atoms with Gasteiger partial charge in [-0.1, -0.05) is 42.5 Å². The first-order chi connectivity index (χ1) is 15.8. The Balaban J connectivity index is 1.65. The summed E-state index contributed by atoms with van der Waals surface area (Å²) in [5.41, 5.74) is 2.89. The highest BCUT2D eigenvalue weighted by Gasteiger charge is 2.36. The highest BCUT2D eigenvalue weighted by atomic mass is 16.5. The molecular weight excluding hydrogens is 420 g/mol. The van der Waals surface area contributed by atoms with Gasteiger partial charge in [-0.25, -0.2) is 4.79 Å². The van der Waals surface area contributed by atoms with Gasteiger partial charge in [0.25, 0.3) is 11.8 Å². The molecule has 0 spiro atoms. The number of ether oxygens (including phenoxy) is 2. The Bertz CT molecular complexity index is 1090. The Morgan fingerprint density at radius 3 is 2.36 bits per heavy atom. The molecule has 7 heteroatoms. The Labute approximate surface area is 193 Å². The number of hydrogen-bond acceptors (Lipinski definition) is 5. The maximum absolute atomic E-state index is 12.8. The largest absolute Gasteiger partial charge is 0.484 e. The SMILES string of the molecule is CCN1C(=O)/C(=C\c2ccc(OCC(=O)N[C@@H](C)c3ccccc3)cc2)C(C(=O)OC)=C1C. The number of hydrogen-bond donors (Lipinski definition) is 1. The first-order valence-corrected chi connectivity index (χ1v) is 10.8. The molecule has 1 N–H and O–H groups in total. The molecule has 2 amide bonds. The molecule has 0 fully saturated rings. The van der Waals surface area contributed by atoms with Crippen molar-refractivity contribution in [2.75, 3.05) is 20.3 Å². The van der Waals surface area contributed by atoms with Crippen LogP contribution in [0, 0.1) is 0 Å². The number of amides is 2. The third-order valence-corrected chi connectivity index (χ3v) is 5.46. The quantitative estimate of drug-likeness (QED) is 0.492. The molecule has 1 aliphatic heterocycles. The van der Waals surface area contributed by atoms with Crippen molar-refractivity contribution >= 4 is 23.9 Å². The number of allylic oxidation sites excluding steroid dienone is 1. The Morgan fingerprint density at radius 1 is 1.09 bits per heavy atom. The minimum absolute atomic E-state index is 0.115. The summed E-state index contributed by atoms with van der Waals surface area (Å²) >= 11 is 0. The average Bonchev–Trinajstić information content (AvgIpc) is 3.07. The van der Waals surface area contributed by atoms with E-state index in [4.69, 9.17) is 9.47 Å². The lowest BCUT2D eigenvalue weighted by molar-refractivity contribution is -0.136. The third-order valence-electron chi connectivity index (χ3n) is 5.46. The van der Waals surface area contributed by atoms with Crippen molar-refractivity contribution in [3.8, 4) is 5.75 Å². The zero-order chi connectivity index (χ0) is 24.0. The molecule has 1 aliphatic rings. The van der Waals surface area contributed by atoms with Gasteiger partial charge in [-0.3, -0.25) is 9.59 Å². The van der Waals surface area contributed by atoms with Crippen LogP contribution in [0.4, 0.5) is 0 Å². The Kier molecular flexibility index (Phi) is 7.66. The fourth-order valence-electron chi connectivity index (χ4n) is 3.69. The minimum atomic E-state index is -0.543. The zero-order valence-electron chi connectivity index (χ0n) is 19.3. The van der Waals surface area contributed by atoms with Crippen LogP contribution in [0.25, 0.3) is 6.08 Å². The molecule has 0 unspecified atom stereocenters. The van der Waals surface area contributed by atoms with Crippen LogP contribution in [0.2, 0.25) is 0 Å². The van der Waals surface area contributed by atoms with Crippen molar-refractivity contribution in [2.45, 2.75) is 26.8 Å². The number of methoxy groups -OCH3 is 1. The fraction of sp³-hybridized carbons (Fsp3) is 0.269. The number of esters is 1. The van der Waals surface area contributed by atoms with E-state index in [9.17, 15) is 14.4 Å². The number of carbonyl (C=O) groups is 3. The van der Waals surface area contributed by atoms with Crippen molar-refractivity contribution in [3.05, 3.63) is 82.6 Å². The summed E-state index contributed by atoms with van der Waals surface area (Å²) in [6, 6.07) is 16.5. The second-order valence-electron chi connectivity index (χ2n) is 7.62. The van der Waals surface area contributed by atoms with Crippen LogP contribution >= 0.6 is 0 Å². The van der Waals surface area contributed by atoms with Gasteiger partial charge in [-0.2, -0.15) is 0 Å². The monoisotopic (exact) mass is 448 g/mol. The first-order valence-electron chi connectivity index (χ1n) is 10.8. The molecule has 172 valence electrons. The molecule has 33 heavy (non-hydrogen) atoms. The van der Waals surface area contributed by atoms with E-state index in [2.05, 4.69) is 5.32 Å². The summed E-state index contributed by atoms with van der Waals surface area (Å²) in [4.78, 5) is 38.8. The van der Waals surface area contributed by atoms with Crippen LogP contribution in [-0.4, -0.2) is 42.9 Å². The Morgan fingerprint density at radius 2 is 1.76 bits per heavy atom. The van der Waals surface area contributed by atoms with Crippen molar-refractivity contribution in [1.29, 1.82) is 0 Å². The first kappa shape index (κ1) is 23.8. The number of nitrogens with zero attached hydrogens (tertiary/aromatic N) is 1. The normalized spacial score (nSPS) is 15.6. The highest BCUT2D eigenvalue weighted by molar-refractivity contribution is 6.16. The number of likely N-dealkylation sites (N-methyl/N-ethyl adjacent to an activating group) is 1. The smallest absolute Gasteiger partial charge is 0.340 e. The molecule has 0 aliphatic carbocycles. The van der Waals surface area contributed by atoms with Crippen LogP contribution in [0.1, 0.15) is 37.9 Å². The minimum Gasteiger partial charge on any atom is -0.484 e. The van der Waals surface area contributed by atoms with E-state index < -0.39 is 5.97 Å². The van der Waals surface area contributed by atoms with Crippen molar-refractivity contribution < 1.29 is 23.9 Å². The molecule has 0 radical (unpaired) electrons. The van der Waals surface area contributed by atoms with Gasteiger partial charge < -0.3 is 19.7 Å². The van der Waals surface area contributed by atoms with E-state index >= 15 is 0 Å². The summed E-state index contributed by atoms with van der Waals surface area (Å²) in [6.07, 6.45) is 1.66. The van der Waals surface area contributed by atoms with E-state index in [1.54, 1.807) is 42.2 Å². The van der Waals surface area contributed by atoms with Crippen molar-refractivity contribution in [1.82, 2.24) is 10.2 Å². The van der Waals surface area contributed by atoms with E-state index in [-0.39, 0.29) is 30.0 Å². The molecule has 1 heterocycles. The van der Waals surface area contributed by atoms with Gasteiger partial charge >= 0.3 is 5.97 Å². The summed E-state index contributed by atoms with van der Waals surface area (Å²) < 4.78 is 10.5. The van der Waals surface area contributed by atoms with Crippen LogP contribution in [-0.2, 0) is 19.1 Å². The molecular formula is C26H28N2O5. The molecule has 1 atom stereocenters. The number of rotatable bonds is 8. The molecule has 0 saturated heterocycles. The van der Waals surface area contributed by atoms with E-state index in [0.717, 1.165) is 11.1 Å². The summed E-state index contributed by atoms with van der Waals surface area (Å²) in [6.45, 7) is 5.84. The number of benzene rings is 2. The zero-order valence-corrected chi connectivity index (χ0v) is 19.3. The van der Waals surface area contributed by atoms with Gasteiger partial charge in [0, 0.05) is 12.2 Å².